The molecule has 0 aromatic heterocycles. The molecule has 3 aromatic carbocycles. The van der Waals surface area contributed by atoms with Gasteiger partial charge in [0.15, 0.2) is 0 Å². The Morgan fingerprint density at radius 3 is 1.45 bits per heavy atom. The van der Waals surface area contributed by atoms with Crippen molar-refractivity contribution >= 4 is 42.2 Å². The van der Waals surface area contributed by atoms with Crippen LogP contribution in [0.3, 0.4) is 0 Å². The Hall–Kier alpha value is -5.28. The van der Waals surface area contributed by atoms with Crippen molar-refractivity contribution in [1.29, 1.82) is 0 Å². The number of unbranched alkanes of at least 4 members (excludes halogenated alkanes) is 6. The van der Waals surface area contributed by atoms with Crippen LogP contribution in [0.1, 0.15) is 154 Å². The molecule has 2 fully saturated rings. The summed E-state index contributed by atoms with van der Waals surface area (Å²) in [5.74, 6) is -7.74. The molecule has 15 heteroatoms. The molecule has 2 heterocycles. The van der Waals surface area contributed by atoms with Crippen LogP contribution in [0.2, 0.25) is 0 Å². The van der Waals surface area contributed by atoms with Crippen molar-refractivity contribution in [3.63, 3.8) is 0 Å². The highest BCUT2D eigenvalue weighted by Gasteiger charge is 2.40. The number of rotatable bonds is 24. The largest absolute Gasteiger partial charge is 0.463 e. The summed E-state index contributed by atoms with van der Waals surface area (Å²) < 4.78 is 68.0. The first-order chi connectivity index (χ1) is 35.2. The minimum Gasteiger partial charge on any atom is -0.463 e. The van der Waals surface area contributed by atoms with Crippen LogP contribution in [0, 0.1) is 6.92 Å². The SMILES string of the molecule is CC(C)OC(=O)CCCCCCN1C(=O)CCC[C@@H]1/C=C/C(=O)C(F)(F)c1ccccc1.CC(C)OC(=O)CCCCCCN1C(=O)CCC[C@@H]1/C=C/[C@@H](O)C(F)(F)c1ccccc1.CCS.Cc1ccccc1. The molecule has 0 unspecified atom stereocenters. The average Bonchev–Trinajstić information content (AvgIpc) is 3.36. The van der Waals surface area contributed by atoms with Crippen LogP contribution in [0.5, 0.6) is 0 Å². The molecule has 5 rings (SSSR count). The molecule has 410 valence electrons. The van der Waals surface area contributed by atoms with E-state index >= 15 is 0 Å². The maximum Gasteiger partial charge on any atom is 0.334 e. The van der Waals surface area contributed by atoms with E-state index in [2.05, 4.69) is 31.7 Å². The number of hydrogen-bond donors (Lipinski definition) is 2. The third-order valence-electron chi connectivity index (χ3n) is 11.9. The van der Waals surface area contributed by atoms with E-state index in [1.807, 2.05) is 52.8 Å². The second-order valence-corrected chi connectivity index (χ2v) is 19.6. The smallest absolute Gasteiger partial charge is 0.334 e. The number of esters is 2. The number of piperidine rings is 2. The number of ketones is 1. The maximum absolute atomic E-state index is 14.5. The molecule has 0 bridgehead atoms. The van der Waals surface area contributed by atoms with Crippen molar-refractivity contribution in [2.75, 3.05) is 18.8 Å². The third kappa shape index (κ3) is 25.3. The Bertz CT molecular complexity index is 2130. The van der Waals surface area contributed by atoms with E-state index in [1.54, 1.807) is 28.0 Å². The number of benzene rings is 3. The predicted molar refractivity (Wildman–Crippen MR) is 288 cm³/mol. The van der Waals surface area contributed by atoms with Crippen LogP contribution in [-0.4, -0.2) is 93.7 Å². The van der Waals surface area contributed by atoms with Crippen molar-refractivity contribution in [1.82, 2.24) is 9.80 Å². The number of halogens is 4. The first kappa shape index (κ1) is 64.8. The third-order valence-corrected chi connectivity index (χ3v) is 11.9. The van der Waals surface area contributed by atoms with Crippen LogP contribution in [0.4, 0.5) is 17.6 Å². The van der Waals surface area contributed by atoms with Crippen molar-refractivity contribution in [3.05, 3.63) is 132 Å². The molecule has 0 saturated carbocycles. The molecular weight excluding hydrogens is 973 g/mol. The van der Waals surface area contributed by atoms with Crippen LogP contribution >= 0.6 is 12.6 Å². The summed E-state index contributed by atoms with van der Waals surface area (Å²) >= 11 is 3.79. The molecule has 0 spiro atoms. The van der Waals surface area contributed by atoms with E-state index in [9.17, 15) is 46.6 Å². The number of carbonyl (C=O) groups is 5. The van der Waals surface area contributed by atoms with Crippen molar-refractivity contribution in [2.24, 2.45) is 0 Å². The predicted octanol–water partition coefficient (Wildman–Crippen LogP) is 13.1. The lowest BCUT2D eigenvalue weighted by Gasteiger charge is -2.34. The van der Waals surface area contributed by atoms with Gasteiger partial charge in [-0.05, 0) is 97.8 Å². The van der Waals surface area contributed by atoms with Gasteiger partial charge in [-0.15, -0.1) is 0 Å². The molecule has 0 aliphatic carbocycles. The average molecular weight is 1060 g/mol. The summed E-state index contributed by atoms with van der Waals surface area (Å²) in [6, 6.07) is 23.9. The standard InChI is InChI=1S/C25H35F2NO4.C25H33F2NO4.C7H8.C2H6S/c2*1-19(2)32-24(31)15-8-3-4-9-18-28-21(13-10-14-23(28)30)16-17-22(29)25(26,27)20-11-6-5-7-12-20;1-7-5-3-2-4-6-7;1-2-3/h5-7,11-12,16-17,19,21-22,29H,3-4,8-10,13-15,18H2,1-2H3;5-7,11-12,16-17,19,21H,3-4,8-10,13-15,18H2,1-2H3;2-6H,1H3;3H,2H2,1H3/b2*17-16+;;/t21-,22-;21-;;/m11../s1. The van der Waals surface area contributed by atoms with Crippen LogP contribution in [0.15, 0.2) is 115 Å². The quantitative estimate of drug-likeness (QED) is 0.0227. The topological polar surface area (TPSA) is 131 Å². The van der Waals surface area contributed by atoms with Crippen LogP contribution < -0.4 is 0 Å². The van der Waals surface area contributed by atoms with Gasteiger partial charge < -0.3 is 24.4 Å². The number of thiol groups is 1. The summed E-state index contributed by atoms with van der Waals surface area (Å²) in [6.07, 6.45) is 13.6. The number of carbonyl (C=O) groups excluding carboxylic acids is 5. The van der Waals surface area contributed by atoms with E-state index in [-0.39, 0.29) is 59.2 Å². The summed E-state index contributed by atoms with van der Waals surface area (Å²) in [4.78, 5) is 63.4. The Morgan fingerprint density at radius 1 is 0.649 bits per heavy atom. The minimum atomic E-state index is -3.60. The number of aliphatic hydroxyl groups is 1. The number of nitrogens with zero attached hydrogens (tertiary/aromatic N) is 2. The molecular formula is C59H82F4N2O8S. The summed E-state index contributed by atoms with van der Waals surface area (Å²) in [7, 11) is 0. The van der Waals surface area contributed by atoms with E-state index in [1.165, 1.54) is 60.2 Å². The Kier molecular flexibility index (Phi) is 31.4. The van der Waals surface area contributed by atoms with Gasteiger partial charge in [-0.2, -0.15) is 30.2 Å². The Morgan fingerprint density at radius 2 is 1.04 bits per heavy atom. The van der Waals surface area contributed by atoms with Crippen molar-refractivity contribution in [2.45, 2.75) is 187 Å². The molecule has 10 nitrogen and oxygen atoms in total. The lowest BCUT2D eigenvalue weighted by atomic mass is 9.98. The molecule has 2 aliphatic heterocycles. The lowest BCUT2D eigenvalue weighted by Crippen LogP contribution is -2.43. The molecule has 0 radical (unpaired) electrons. The van der Waals surface area contributed by atoms with Crippen molar-refractivity contribution < 1.29 is 56.1 Å². The molecule has 2 amide bonds. The van der Waals surface area contributed by atoms with Gasteiger partial charge in [-0.25, -0.2) is 0 Å². The highest BCUT2D eigenvalue weighted by atomic mass is 32.1. The van der Waals surface area contributed by atoms with Gasteiger partial charge in [-0.3, -0.25) is 24.0 Å². The van der Waals surface area contributed by atoms with Gasteiger partial charge in [0.2, 0.25) is 17.6 Å². The molecule has 3 aromatic rings. The molecule has 3 atom stereocenters. The summed E-state index contributed by atoms with van der Waals surface area (Å²) in [5.41, 5.74) is 0.733. The van der Waals surface area contributed by atoms with E-state index < -0.39 is 23.7 Å². The fourth-order valence-corrected chi connectivity index (χ4v) is 8.14. The van der Waals surface area contributed by atoms with E-state index in [0.29, 0.717) is 64.5 Å². The lowest BCUT2D eigenvalue weighted by molar-refractivity contribution is -0.148. The summed E-state index contributed by atoms with van der Waals surface area (Å²) in [6.45, 7) is 12.4. The molecule has 74 heavy (non-hydrogen) atoms. The molecule has 2 saturated heterocycles. The highest BCUT2D eigenvalue weighted by Crippen LogP contribution is 2.33. The second-order valence-electron chi connectivity index (χ2n) is 19.0. The monoisotopic (exact) mass is 1050 g/mol. The number of allylic oxidation sites excluding steroid dienone is 1. The van der Waals surface area contributed by atoms with Crippen molar-refractivity contribution in [3.8, 4) is 0 Å². The van der Waals surface area contributed by atoms with Gasteiger partial charge >= 0.3 is 23.8 Å². The summed E-state index contributed by atoms with van der Waals surface area (Å²) in [5, 5.41) is 10.1. The zero-order valence-electron chi connectivity index (χ0n) is 44.4. The zero-order chi connectivity index (χ0) is 54.9. The van der Waals surface area contributed by atoms with Gasteiger partial charge in [0.05, 0.1) is 24.3 Å². The van der Waals surface area contributed by atoms with Crippen LogP contribution in [0.25, 0.3) is 0 Å². The zero-order valence-corrected chi connectivity index (χ0v) is 45.3. The van der Waals surface area contributed by atoms with E-state index in [0.717, 1.165) is 69.3 Å². The number of aliphatic hydroxyl groups excluding tert-OH is 1. The first-order valence-corrected chi connectivity index (χ1v) is 26.9. The number of amides is 2. The molecule has 1 N–H and O–H groups in total. The Balaban J connectivity index is 0.000000426. The molecule has 2 aliphatic rings. The number of hydrogen-bond acceptors (Lipinski definition) is 9. The number of aryl methyl sites for hydroxylation is 1. The normalized spacial score (nSPS) is 16.5. The number of ether oxygens (including phenoxy) is 2. The van der Waals surface area contributed by atoms with Crippen LogP contribution in [-0.2, 0) is 45.3 Å². The highest BCUT2D eigenvalue weighted by molar-refractivity contribution is 7.80. The van der Waals surface area contributed by atoms with Gasteiger partial charge in [0, 0.05) is 49.9 Å². The van der Waals surface area contributed by atoms with E-state index in [4.69, 9.17) is 9.47 Å². The number of likely N-dealkylation sites (tertiary alicyclic amines) is 2. The minimum absolute atomic E-state index is 0.00993. The van der Waals surface area contributed by atoms with Gasteiger partial charge in [-0.1, -0.05) is 147 Å². The first-order valence-electron chi connectivity index (χ1n) is 26.3. The van der Waals surface area contributed by atoms with Gasteiger partial charge in [0.25, 0.3) is 0 Å². The fourth-order valence-electron chi connectivity index (χ4n) is 8.14. The fraction of sp³-hybridized carbons (Fsp3) is 0.542. The maximum atomic E-state index is 14.5. The second kappa shape index (κ2) is 35.8. The van der Waals surface area contributed by atoms with Gasteiger partial charge in [0.1, 0.15) is 6.10 Å². The number of alkyl halides is 4. The Labute approximate surface area is 443 Å².